The van der Waals surface area contributed by atoms with Gasteiger partial charge in [-0.05, 0) is 30.3 Å². The minimum Gasteiger partial charge on any atom is -0.507 e. The van der Waals surface area contributed by atoms with Crippen molar-refractivity contribution in [2.45, 2.75) is 0 Å². The van der Waals surface area contributed by atoms with E-state index in [-0.39, 0.29) is 11.3 Å². The summed E-state index contributed by atoms with van der Waals surface area (Å²) in [5, 5.41) is 18.1. The summed E-state index contributed by atoms with van der Waals surface area (Å²) >= 11 is 0. The first-order valence-electron chi connectivity index (χ1n) is 4.81. The van der Waals surface area contributed by atoms with Gasteiger partial charge in [0.05, 0.1) is 18.2 Å². The lowest BCUT2D eigenvalue weighted by Gasteiger charge is -1.99. The summed E-state index contributed by atoms with van der Waals surface area (Å²) in [4.78, 5) is 14.8. The van der Waals surface area contributed by atoms with Gasteiger partial charge < -0.3 is 14.6 Å². The summed E-state index contributed by atoms with van der Waals surface area (Å²) in [6.07, 6.45) is 2.98. The van der Waals surface area contributed by atoms with Gasteiger partial charge in [-0.1, -0.05) is 0 Å². The number of nitrogens with zero attached hydrogens (tertiary/aromatic N) is 1. The van der Waals surface area contributed by atoms with E-state index >= 15 is 0 Å². The molecule has 0 aliphatic carbocycles. The Morgan fingerprint density at radius 3 is 2.82 bits per heavy atom. The van der Waals surface area contributed by atoms with Crippen LogP contribution in [0.2, 0.25) is 0 Å². The van der Waals surface area contributed by atoms with Crippen LogP contribution in [0.1, 0.15) is 16.1 Å². The lowest BCUT2D eigenvalue weighted by Crippen LogP contribution is -1.95. The fraction of sp³-hybridized carbons (Fsp3) is 0. The molecule has 0 atom stereocenters. The molecule has 0 saturated heterocycles. The van der Waals surface area contributed by atoms with Crippen LogP contribution < -0.4 is 0 Å². The first kappa shape index (κ1) is 10.9. The maximum atomic E-state index is 10.8. The number of hydrogen-bond donors (Lipinski definition) is 2. The molecule has 17 heavy (non-hydrogen) atoms. The monoisotopic (exact) mass is 231 g/mol. The number of phenols is 1. The zero-order chi connectivity index (χ0) is 12.3. The van der Waals surface area contributed by atoms with Crippen LogP contribution in [0.4, 0.5) is 5.69 Å². The van der Waals surface area contributed by atoms with E-state index in [9.17, 15) is 9.90 Å². The van der Waals surface area contributed by atoms with Gasteiger partial charge >= 0.3 is 5.97 Å². The van der Waals surface area contributed by atoms with Crippen molar-refractivity contribution < 1.29 is 19.4 Å². The molecule has 1 heterocycles. The zero-order valence-corrected chi connectivity index (χ0v) is 8.70. The summed E-state index contributed by atoms with van der Waals surface area (Å²) in [6.45, 7) is 0. The highest BCUT2D eigenvalue weighted by atomic mass is 16.4. The third kappa shape index (κ3) is 2.52. The number of carboxylic acids is 1. The van der Waals surface area contributed by atoms with E-state index in [4.69, 9.17) is 9.52 Å². The molecule has 5 nitrogen and oxygen atoms in total. The molecule has 2 rings (SSSR count). The summed E-state index contributed by atoms with van der Waals surface area (Å²) in [6, 6.07) is 7.54. The number of hydrogen-bond acceptors (Lipinski definition) is 4. The molecule has 0 fully saturated rings. The van der Waals surface area contributed by atoms with Crippen LogP contribution in [-0.2, 0) is 0 Å². The van der Waals surface area contributed by atoms with Crippen LogP contribution in [-0.4, -0.2) is 22.4 Å². The molecule has 0 unspecified atom stereocenters. The molecular weight excluding hydrogens is 222 g/mol. The Hall–Kier alpha value is -2.56. The molecule has 0 bridgehead atoms. The van der Waals surface area contributed by atoms with Gasteiger partial charge in [-0.15, -0.1) is 0 Å². The molecular formula is C12H9NO4. The van der Waals surface area contributed by atoms with E-state index in [0.717, 1.165) is 0 Å². The molecule has 5 heteroatoms. The van der Waals surface area contributed by atoms with Gasteiger partial charge in [-0.2, -0.15) is 0 Å². The molecule has 0 amide bonds. The quantitative estimate of drug-likeness (QED) is 0.794. The van der Waals surface area contributed by atoms with Crippen molar-refractivity contribution in [3.05, 3.63) is 47.9 Å². The second kappa shape index (κ2) is 4.52. The Balaban J connectivity index is 2.28. The van der Waals surface area contributed by atoms with E-state index in [1.54, 1.807) is 12.1 Å². The molecule has 0 aliphatic heterocycles. The summed E-state index contributed by atoms with van der Waals surface area (Å²) in [5.74, 6) is -0.915. The summed E-state index contributed by atoms with van der Waals surface area (Å²) < 4.78 is 5.04. The second-order valence-electron chi connectivity index (χ2n) is 3.28. The van der Waals surface area contributed by atoms with E-state index in [2.05, 4.69) is 4.99 Å². The van der Waals surface area contributed by atoms with Gasteiger partial charge in [-0.3, -0.25) is 4.99 Å². The first-order chi connectivity index (χ1) is 8.16. The highest BCUT2D eigenvalue weighted by Gasteiger charge is 2.09. The largest absolute Gasteiger partial charge is 0.507 e. The van der Waals surface area contributed by atoms with Crippen molar-refractivity contribution >= 4 is 17.9 Å². The van der Waals surface area contributed by atoms with Crippen molar-refractivity contribution in [2.24, 2.45) is 4.99 Å². The highest BCUT2D eigenvalue weighted by Crippen LogP contribution is 2.23. The predicted molar refractivity (Wildman–Crippen MR) is 61.0 cm³/mol. The Bertz CT molecular complexity index is 558. The van der Waals surface area contributed by atoms with Crippen LogP contribution in [0.3, 0.4) is 0 Å². The average molecular weight is 231 g/mol. The Kier molecular flexibility index (Phi) is 2.91. The molecule has 0 spiro atoms. The van der Waals surface area contributed by atoms with Crippen LogP contribution in [0, 0.1) is 0 Å². The topological polar surface area (TPSA) is 83.0 Å². The number of aliphatic imine (C=N–C) groups is 1. The maximum absolute atomic E-state index is 10.8. The Labute approximate surface area is 96.7 Å². The van der Waals surface area contributed by atoms with Gasteiger partial charge in [0.1, 0.15) is 17.1 Å². The number of rotatable bonds is 3. The van der Waals surface area contributed by atoms with Crippen molar-refractivity contribution in [2.75, 3.05) is 0 Å². The number of benzene rings is 1. The van der Waals surface area contributed by atoms with Crippen molar-refractivity contribution in [1.29, 1.82) is 0 Å². The average Bonchev–Trinajstić information content (AvgIpc) is 2.80. The first-order valence-corrected chi connectivity index (χ1v) is 4.81. The smallest absolute Gasteiger partial charge is 0.339 e. The van der Waals surface area contributed by atoms with Crippen LogP contribution in [0.5, 0.6) is 5.75 Å². The Morgan fingerprint density at radius 1 is 1.35 bits per heavy atom. The number of carboxylic acid groups (broad SMARTS) is 1. The Morgan fingerprint density at radius 2 is 2.18 bits per heavy atom. The third-order valence-electron chi connectivity index (χ3n) is 2.09. The van der Waals surface area contributed by atoms with E-state index < -0.39 is 5.97 Å². The number of furan rings is 1. The highest BCUT2D eigenvalue weighted by molar-refractivity contribution is 5.92. The third-order valence-corrected chi connectivity index (χ3v) is 2.09. The fourth-order valence-corrected chi connectivity index (χ4v) is 1.28. The number of aromatic hydroxyl groups is 1. The van der Waals surface area contributed by atoms with E-state index in [0.29, 0.717) is 11.4 Å². The second-order valence-corrected chi connectivity index (χ2v) is 3.28. The van der Waals surface area contributed by atoms with Gasteiger partial charge in [0.15, 0.2) is 0 Å². The standard InChI is InChI=1S/C12H9NO4/c14-11-4-3-8(6-10(11)12(15)16)13-7-9-2-1-5-17-9/h1-7,14H,(H,15,16). The molecule has 1 aromatic carbocycles. The number of aromatic carboxylic acids is 1. The lowest BCUT2D eigenvalue weighted by atomic mass is 10.2. The minimum absolute atomic E-state index is 0.181. The van der Waals surface area contributed by atoms with Crippen LogP contribution in [0.15, 0.2) is 46.0 Å². The van der Waals surface area contributed by atoms with Crippen LogP contribution >= 0.6 is 0 Å². The van der Waals surface area contributed by atoms with Crippen molar-refractivity contribution in [3.8, 4) is 5.75 Å². The van der Waals surface area contributed by atoms with Gasteiger partial charge in [0.25, 0.3) is 0 Å². The van der Waals surface area contributed by atoms with Gasteiger partial charge in [-0.25, -0.2) is 4.79 Å². The van der Waals surface area contributed by atoms with Crippen LogP contribution in [0.25, 0.3) is 0 Å². The lowest BCUT2D eigenvalue weighted by molar-refractivity contribution is 0.0694. The SMILES string of the molecule is O=C(O)c1cc(N=Cc2ccco2)ccc1O. The summed E-state index contributed by atoms with van der Waals surface area (Å²) in [5.41, 5.74) is 0.246. The predicted octanol–water partition coefficient (Wildman–Crippen LogP) is 2.43. The molecule has 0 saturated carbocycles. The molecule has 2 N–H and O–H groups in total. The van der Waals surface area contributed by atoms with Gasteiger partial charge in [0, 0.05) is 0 Å². The van der Waals surface area contributed by atoms with Crippen molar-refractivity contribution in [3.63, 3.8) is 0 Å². The molecule has 0 aliphatic rings. The number of carbonyl (C=O) groups is 1. The van der Waals surface area contributed by atoms with Gasteiger partial charge in [0.2, 0.25) is 0 Å². The van der Waals surface area contributed by atoms with E-state index in [1.807, 2.05) is 0 Å². The fourth-order valence-electron chi connectivity index (χ4n) is 1.28. The zero-order valence-electron chi connectivity index (χ0n) is 8.70. The summed E-state index contributed by atoms with van der Waals surface area (Å²) in [7, 11) is 0. The van der Waals surface area contributed by atoms with E-state index in [1.165, 1.54) is 30.7 Å². The maximum Gasteiger partial charge on any atom is 0.339 e. The molecule has 0 radical (unpaired) electrons. The normalized spacial score (nSPS) is 10.8. The molecule has 1 aromatic heterocycles. The van der Waals surface area contributed by atoms with Crippen molar-refractivity contribution in [1.82, 2.24) is 0 Å². The molecule has 2 aromatic rings. The minimum atomic E-state index is -1.20. The molecule has 86 valence electrons.